The summed E-state index contributed by atoms with van der Waals surface area (Å²) in [4.78, 5) is 24.3. The summed E-state index contributed by atoms with van der Waals surface area (Å²) < 4.78 is 0. The normalized spacial score (nSPS) is 9.47. The zero-order valence-electron chi connectivity index (χ0n) is 9.15. The first kappa shape index (κ1) is 12.5. The van der Waals surface area contributed by atoms with Crippen LogP contribution in [0.15, 0.2) is 18.2 Å². The minimum atomic E-state index is -1.09. The number of nitrogens with one attached hydrogen (secondary N) is 2. The van der Waals surface area contributed by atoms with Gasteiger partial charge in [0.1, 0.15) is 5.69 Å². The molecule has 0 spiro atoms. The van der Waals surface area contributed by atoms with Gasteiger partial charge in [-0.25, -0.2) is 9.79 Å². The van der Waals surface area contributed by atoms with E-state index in [1.54, 1.807) is 0 Å². The van der Waals surface area contributed by atoms with E-state index in [9.17, 15) is 9.59 Å². The maximum Gasteiger partial charge on any atom is 0.343 e. The molecule has 7 nitrogen and oxygen atoms in total. The summed E-state index contributed by atoms with van der Waals surface area (Å²) in [5.74, 6) is -1.47. The SMILES string of the molecule is CC(=O)Nc1ccc(C(=O)O)cc1[NH+]=C(N)N. The van der Waals surface area contributed by atoms with Crippen LogP contribution >= 0.6 is 0 Å². The number of rotatable bonds is 3. The van der Waals surface area contributed by atoms with E-state index in [4.69, 9.17) is 16.6 Å². The molecular weight excluding hydrogens is 224 g/mol. The number of carboxylic acids is 1. The lowest BCUT2D eigenvalue weighted by atomic mass is 10.1. The van der Waals surface area contributed by atoms with Crippen LogP contribution in [0.2, 0.25) is 0 Å². The lowest BCUT2D eigenvalue weighted by Gasteiger charge is -2.06. The summed E-state index contributed by atoms with van der Waals surface area (Å²) in [6.07, 6.45) is 0. The molecule has 0 fully saturated rings. The van der Waals surface area contributed by atoms with E-state index in [1.165, 1.54) is 25.1 Å². The fourth-order valence-electron chi connectivity index (χ4n) is 1.23. The van der Waals surface area contributed by atoms with Gasteiger partial charge in [-0.2, -0.15) is 0 Å². The Morgan fingerprint density at radius 2 is 2.00 bits per heavy atom. The molecule has 0 aromatic heterocycles. The average Bonchev–Trinajstić information content (AvgIpc) is 2.18. The van der Waals surface area contributed by atoms with Crippen molar-refractivity contribution in [2.75, 3.05) is 5.32 Å². The van der Waals surface area contributed by atoms with Gasteiger partial charge in [0.05, 0.1) is 11.3 Å². The Morgan fingerprint density at radius 1 is 1.35 bits per heavy atom. The van der Waals surface area contributed by atoms with Crippen molar-refractivity contribution in [1.82, 2.24) is 0 Å². The summed E-state index contributed by atoms with van der Waals surface area (Å²) in [5, 5.41) is 11.4. The van der Waals surface area contributed by atoms with Gasteiger partial charge in [-0.05, 0) is 18.2 Å². The zero-order valence-corrected chi connectivity index (χ0v) is 9.15. The van der Waals surface area contributed by atoms with Gasteiger partial charge in [0.25, 0.3) is 0 Å². The van der Waals surface area contributed by atoms with Gasteiger partial charge in [-0.15, -0.1) is 0 Å². The second-order valence-electron chi connectivity index (χ2n) is 3.33. The number of aromatic carboxylic acids is 1. The van der Waals surface area contributed by atoms with Gasteiger partial charge in [-0.1, -0.05) is 0 Å². The lowest BCUT2D eigenvalue weighted by Crippen LogP contribution is -2.72. The number of carboxylic acid groups (broad SMARTS) is 1. The van der Waals surface area contributed by atoms with Crippen molar-refractivity contribution in [2.24, 2.45) is 11.5 Å². The number of hydrogen-bond donors (Lipinski definition) is 5. The molecule has 7 heteroatoms. The van der Waals surface area contributed by atoms with Gasteiger partial charge < -0.3 is 10.4 Å². The second kappa shape index (κ2) is 4.97. The molecule has 0 unspecified atom stereocenters. The third-order valence-corrected chi connectivity index (χ3v) is 1.86. The number of carbonyl (C=O) groups is 2. The topological polar surface area (TPSA) is 132 Å². The molecule has 0 atom stereocenters. The Hall–Kier alpha value is -2.57. The Morgan fingerprint density at radius 3 is 2.47 bits per heavy atom. The molecule has 1 aromatic rings. The molecule has 0 saturated heterocycles. The zero-order chi connectivity index (χ0) is 13.0. The number of anilines is 1. The number of hydrogen-bond acceptors (Lipinski definition) is 2. The Balaban J connectivity index is 3.26. The van der Waals surface area contributed by atoms with Crippen molar-refractivity contribution in [1.29, 1.82) is 0 Å². The number of nitrogens with two attached hydrogens (primary N) is 2. The fourth-order valence-corrected chi connectivity index (χ4v) is 1.23. The molecule has 0 saturated carbocycles. The molecular formula is C10H13N4O3+. The summed E-state index contributed by atoms with van der Waals surface area (Å²) in [6, 6.07) is 4.15. The predicted octanol–water partition coefficient (Wildman–Crippen LogP) is -1.67. The molecule has 1 amide bonds. The first-order valence-electron chi connectivity index (χ1n) is 4.70. The van der Waals surface area contributed by atoms with Gasteiger partial charge >= 0.3 is 11.9 Å². The van der Waals surface area contributed by atoms with Crippen LogP contribution in [0.4, 0.5) is 11.4 Å². The van der Waals surface area contributed by atoms with E-state index in [0.29, 0.717) is 11.4 Å². The molecule has 0 heterocycles. The van der Waals surface area contributed by atoms with E-state index in [-0.39, 0.29) is 17.4 Å². The number of benzene rings is 1. The van der Waals surface area contributed by atoms with Crippen LogP contribution in [0.25, 0.3) is 0 Å². The monoisotopic (exact) mass is 237 g/mol. The number of carbonyl (C=O) groups excluding carboxylic acids is 1. The van der Waals surface area contributed by atoms with Crippen molar-refractivity contribution in [2.45, 2.75) is 6.92 Å². The van der Waals surface area contributed by atoms with Crippen LogP contribution in [0.3, 0.4) is 0 Å². The van der Waals surface area contributed by atoms with Crippen molar-refractivity contribution in [3.63, 3.8) is 0 Å². The molecule has 90 valence electrons. The Bertz CT molecular complexity index is 492. The Kier molecular flexibility index (Phi) is 3.66. The standard InChI is InChI=1S/C10H12N4O3/c1-5(15)13-7-3-2-6(9(16)17)4-8(7)14-10(11)12/h2-4H,1H3,(H,13,15)(H,16,17)(H4,11,12,14)/p+1. The second-order valence-corrected chi connectivity index (χ2v) is 3.33. The fraction of sp³-hybridized carbons (Fsp3) is 0.100. The minimum Gasteiger partial charge on any atom is -0.478 e. The van der Waals surface area contributed by atoms with E-state index in [0.717, 1.165) is 0 Å². The quantitative estimate of drug-likeness (QED) is 0.316. The van der Waals surface area contributed by atoms with Gasteiger partial charge in [0.15, 0.2) is 0 Å². The molecule has 0 radical (unpaired) electrons. The van der Waals surface area contributed by atoms with Crippen molar-refractivity contribution in [3.05, 3.63) is 23.8 Å². The van der Waals surface area contributed by atoms with Crippen molar-refractivity contribution in [3.8, 4) is 0 Å². The van der Waals surface area contributed by atoms with E-state index in [2.05, 4.69) is 10.3 Å². The van der Waals surface area contributed by atoms with E-state index < -0.39 is 5.97 Å². The highest BCUT2D eigenvalue weighted by Gasteiger charge is 2.10. The number of amides is 1. The molecule has 17 heavy (non-hydrogen) atoms. The van der Waals surface area contributed by atoms with Crippen LogP contribution in [-0.4, -0.2) is 22.9 Å². The third kappa shape index (κ3) is 3.49. The molecule has 0 aliphatic rings. The summed E-state index contributed by atoms with van der Waals surface area (Å²) in [6.45, 7) is 1.34. The van der Waals surface area contributed by atoms with Crippen LogP contribution in [-0.2, 0) is 4.79 Å². The average molecular weight is 237 g/mol. The maximum absolute atomic E-state index is 10.9. The maximum atomic E-state index is 10.9. The van der Waals surface area contributed by atoms with Crippen LogP contribution in [0.1, 0.15) is 17.3 Å². The summed E-state index contributed by atoms with van der Waals surface area (Å²) in [5.41, 5.74) is 11.3. The first-order valence-corrected chi connectivity index (χ1v) is 4.70. The summed E-state index contributed by atoms with van der Waals surface area (Å²) >= 11 is 0. The molecule has 0 aliphatic heterocycles. The van der Waals surface area contributed by atoms with Crippen LogP contribution in [0, 0.1) is 0 Å². The molecule has 0 bridgehead atoms. The van der Waals surface area contributed by atoms with Crippen molar-refractivity contribution >= 4 is 29.2 Å². The highest BCUT2D eigenvalue weighted by Crippen LogP contribution is 2.18. The van der Waals surface area contributed by atoms with Crippen LogP contribution < -0.4 is 21.8 Å². The van der Waals surface area contributed by atoms with Crippen molar-refractivity contribution < 1.29 is 19.7 Å². The first-order chi connectivity index (χ1) is 7.90. The third-order valence-electron chi connectivity index (χ3n) is 1.86. The van der Waals surface area contributed by atoms with Gasteiger partial charge in [0, 0.05) is 6.92 Å². The van der Waals surface area contributed by atoms with Gasteiger partial charge in [-0.3, -0.25) is 16.3 Å². The molecule has 7 N–H and O–H groups in total. The number of guanidine groups is 1. The minimum absolute atomic E-state index is 0.0582. The summed E-state index contributed by atoms with van der Waals surface area (Å²) in [7, 11) is 0. The van der Waals surface area contributed by atoms with Crippen LogP contribution in [0.5, 0.6) is 0 Å². The van der Waals surface area contributed by atoms with E-state index in [1.807, 2.05) is 0 Å². The molecule has 0 aliphatic carbocycles. The molecule has 1 aromatic carbocycles. The van der Waals surface area contributed by atoms with Gasteiger partial charge in [0.2, 0.25) is 5.91 Å². The smallest absolute Gasteiger partial charge is 0.343 e. The van der Waals surface area contributed by atoms with E-state index >= 15 is 0 Å². The highest BCUT2D eigenvalue weighted by atomic mass is 16.4. The predicted molar refractivity (Wildman–Crippen MR) is 61.7 cm³/mol. The lowest BCUT2D eigenvalue weighted by molar-refractivity contribution is -0.355. The molecule has 1 rings (SSSR count). The highest BCUT2D eigenvalue weighted by molar-refractivity contribution is 5.94. The largest absolute Gasteiger partial charge is 0.478 e. The Labute approximate surface area is 97.1 Å².